The molecule has 0 atom stereocenters. The second kappa shape index (κ2) is 6.94. The van der Waals surface area contributed by atoms with Crippen LogP contribution < -0.4 is 9.24 Å². The first kappa shape index (κ1) is 19.3. The van der Waals surface area contributed by atoms with Crippen LogP contribution >= 0.6 is 11.3 Å². The molecule has 142 valence electrons. The van der Waals surface area contributed by atoms with Gasteiger partial charge in [0.2, 0.25) is 5.91 Å². The molecule has 0 fully saturated rings. The van der Waals surface area contributed by atoms with Gasteiger partial charge in [0.05, 0.1) is 15.3 Å². The molecule has 0 aliphatic heterocycles. The average Bonchev–Trinajstić information content (AvgIpc) is 2.96. The SMILES string of the molecule is Cc1ccc(C)c(S(=O)(=O)N(C(=O)C(C)C)c2ccc3oc(=O)sc3c2)c1. The van der Waals surface area contributed by atoms with Gasteiger partial charge in [0.25, 0.3) is 10.0 Å². The summed E-state index contributed by atoms with van der Waals surface area (Å²) < 4.78 is 33.2. The zero-order valence-electron chi connectivity index (χ0n) is 15.3. The number of carbonyl (C=O) groups is 1. The number of anilines is 1. The highest BCUT2D eigenvalue weighted by molar-refractivity contribution is 7.93. The molecule has 3 rings (SSSR count). The molecule has 1 aromatic heterocycles. The van der Waals surface area contributed by atoms with Crippen molar-refractivity contribution < 1.29 is 17.6 Å². The highest BCUT2D eigenvalue weighted by Crippen LogP contribution is 2.31. The molecule has 3 aromatic rings. The minimum Gasteiger partial charge on any atom is -0.414 e. The van der Waals surface area contributed by atoms with Crippen LogP contribution in [0.5, 0.6) is 0 Å². The monoisotopic (exact) mass is 405 g/mol. The highest BCUT2D eigenvalue weighted by Gasteiger charge is 2.33. The molecule has 0 unspecified atom stereocenters. The van der Waals surface area contributed by atoms with E-state index >= 15 is 0 Å². The number of benzene rings is 2. The Morgan fingerprint density at radius 1 is 1.11 bits per heavy atom. The van der Waals surface area contributed by atoms with E-state index in [1.165, 1.54) is 18.2 Å². The van der Waals surface area contributed by atoms with Gasteiger partial charge in [-0.15, -0.1) is 0 Å². The number of hydrogen-bond donors (Lipinski definition) is 0. The lowest BCUT2D eigenvalue weighted by Gasteiger charge is -2.25. The van der Waals surface area contributed by atoms with Gasteiger partial charge in [-0.25, -0.2) is 17.5 Å². The number of aryl methyl sites for hydroxylation is 2. The van der Waals surface area contributed by atoms with Crippen molar-refractivity contribution in [3.05, 3.63) is 57.3 Å². The number of sulfonamides is 1. The van der Waals surface area contributed by atoms with Crippen molar-refractivity contribution in [3.8, 4) is 0 Å². The molecular weight excluding hydrogens is 386 g/mol. The molecule has 0 saturated heterocycles. The first-order valence-corrected chi connectivity index (χ1v) is 10.6. The molecule has 0 spiro atoms. The molecule has 0 N–H and O–H groups in total. The lowest BCUT2D eigenvalue weighted by molar-refractivity contribution is -0.120. The highest BCUT2D eigenvalue weighted by atomic mass is 32.2. The standard InChI is InChI=1S/C19H19NO5S2/c1-11(2)18(21)20(14-7-8-15-16(10-14)26-19(22)25-15)27(23,24)17-9-12(3)5-6-13(17)4/h5-11H,1-4H3. The van der Waals surface area contributed by atoms with Crippen molar-refractivity contribution in [1.29, 1.82) is 0 Å². The summed E-state index contributed by atoms with van der Waals surface area (Å²) in [5.41, 5.74) is 1.87. The van der Waals surface area contributed by atoms with Gasteiger partial charge in [-0.2, -0.15) is 0 Å². The molecule has 1 amide bonds. The molecule has 6 nitrogen and oxygen atoms in total. The third kappa shape index (κ3) is 3.54. The van der Waals surface area contributed by atoms with Gasteiger partial charge in [0, 0.05) is 5.92 Å². The first-order valence-electron chi connectivity index (χ1n) is 8.31. The Kier molecular flexibility index (Phi) is 4.96. The zero-order chi connectivity index (χ0) is 19.9. The second-order valence-corrected chi connectivity index (χ2v) is 9.35. The Morgan fingerprint density at radius 2 is 1.81 bits per heavy atom. The first-order chi connectivity index (χ1) is 12.6. The largest absolute Gasteiger partial charge is 0.414 e. The molecular formula is C19H19NO5S2. The maximum Gasteiger partial charge on any atom is 0.396 e. The predicted octanol–water partition coefficient (Wildman–Crippen LogP) is 3.85. The predicted molar refractivity (Wildman–Crippen MR) is 106 cm³/mol. The number of fused-ring (bicyclic) bond motifs is 1. The number of hydrogen-bond acceptors (Lipinski definition) is 6. The van der Waals surface area contributed by atoms with E-state index in [9.17, 15) is 18.0 Å². The van der Waals surface area contributed by atoms with E-state index in [0.29, 0.717) is 15.8 Å². The molecule has 0 aliphatic carbocycles. The minimum absolute atomic E-state index is 0.0805. The molecule has 2 aromatic carbocycles. The van der Waals surface area contributed by atoms with Crippen LogP contribution in [-0.4, -0.2) is 14.3 Å². The maximum atomic E-state index is 13.4. The summed E-state index contributed by atoms with van der Waals surface area (Å²) >= 11 is 0.861. The summed E-state index contributed by atoms with van der Waals surface area (Å²) in [5, 5.41) is 0. The molecule has 27 heavy (non-hydrogen) atoms. The molecule has 0 radical (unpaired) electrons. The van der Waals surface area contributed by atoms with Crippen LogP contribution in [0.1, 0.15) is 25.0 Å². The fraction of sp³-hybridized carbons (Fsp3) is 0.263. The fourth-order valence-electron chi connectivity index (χ4n) is 2.69. The third-order valence-electron chi connectivity index (χ3n) is 4.10. The Labute approximate surface area is 161 Å². The van der Waals surface area contributed by atoms with Crippen molar-refractivity contribution in [2.24, 2.45) is 5.92 Å². The summed E-state index contributed by atoms with van der Waals surface area (Å²) in [4.78, 5) is 23.9. The normalized spacial score (nSPS) is 11.9. The second-order valence-electron chi connectivity index (χ2n) is 6.62. The van der Waals surface area contributed by atoms with E-state index in [2.05, 4.69) is 0 Å². The summed E-state index contributed by atoms with van der Waals surface area (Å²) in [5.74, 6) is -1.09. The van der Waals surface area contributed by atoms with E-state index in [-0.39, 0.29) is 10.6 Å². The lowest BCUT2D eigenvalue weighted by Crippen LogP contribution is -2.40. The Bertz CT molecular complexity index is 1190. The third-order valence-corrected chi connectivity index (χ3v) is 6.76. The van der Waals surface area contributed by atoms with Crippen LogP contribution in [0.4, 0.5) is 5.69 Å². The number of carbonyl (C=O) groups excluding carboxylic acids is 1. The van der Waals surface area contributed by atoms with E-state index < -0.39 is 26.8 Å². The fourth-order valence-corrected chi connectivity index (χ4v) is 5.24. The number of amides is 1. The van der Waals surface area contributed by atoms with Crippen LogP contribution in [0.3, 0.4) is 0 Å². The van der Waals surface area contributed by atoms with Gasteiger partial charge in [-0.3, -0.25) is 4.79 Å². The van der Waals surface area contributed by atoms with Gasteiger partial charge in [0.1, 0.15) is 5.58 Å². The van der Waals surface area contributed by atoms with Crippen molar-refractivity contribution >= 4 is 43.2 Å². The van der Waals surface area contributed by atoms with Crippen LogP contribution in [-0.2, 0) is 14.8 Å². The van der Waals surface area contributed by atoms with Crippen molar-refractivity contribution in [3.63, 3.8) is 0 Å². The Balaban J connectivity index is 2.25. The topological polar surface area (TPSA) is 84.7 Å². The van der Waals surface area contributed by atoms with Crippen LogP contribution in [0.25, 0.3) is 10.3 Å². The van der Waals surface area contributed by atoms with E-state index in [0.717, 1.165) is 21.2 Å². The zero-order valence-corrected chi connectivity index (χ0v) is 17.0. The summed E-state index contributed by atoms with van der Waals surface area (Å²) in [7, 11) is -4.13. The van der Waals surface area contributed by atoms with Gasteiger partial charge in [-0.1, -0.05) is 37.3 Å². The Hall–Kier alpha value is -2.45. The number of rotatable bonds is 4. The molecule has 0 bridgehead atoms. The summed E-state index contributed by atoms with van der Waals surface area (Å²) in [6, 6.07) is 9.56. The molecule has 8 heteroatoms. The van der Waals surface area contributed by atoms with E-state index in [1.54, 1.807) is 39.8 Å². The Morgan fingerprint density at radius 3 is 2.48 bits per heavy atom. The van der Waals surface area contributed by atoms with Crippen LogP contribution in [0.2, 0.25) is 0 Å². The molecule has 1 heterocycles. The van der Waals surface area contributed by atoms with Gasteiger partial charge in [0.15, 0.2) is 0 Å². The summed E-state index contributed by atoms with van der Waals surface area (Å²) in [6.45, 7) is 6.77. The summed E-state index contributed by atoms with van der Waals surface area (Å²) in [6.07, 6.45) is 0. The smallest absolute Gasteiger partial charge is 0.396 e. The molecule has 0 saturated carbocycles. The van der Waals surface area contributed by atoms with Crippen molar-refractivity contribution in [1.82, 2.24) is 0 Å². The average molecular weight is 405 g/mol. The molecule has 0 aliphatic rings. The van der Waals surface area contributed by atoms with Crippen LogP contribution in [0, 0.1) is 19.8 Å². The van der Waals surface area contributed by atoms with Crippen molar-refractivity contribution in [2.75, 3.05) is 4.31 Å². The van der Waals surface area contributed by atoms with Gasteiger partial charge in [-0.05, 0) is 49.2 Å². The van der Waals surface area contributed by atoms with Gasteiger partial charge < -0.3 is 4.42 Å². The van der Waals surface area contributed by atoms with Crippen molar-refractivity contribution in [2.45, 2.75) is 32.6 Å². The maximum absolute atomic E-state index is 13.4. The number of nitrogens with zero attached hydrogens (tertiary/aromatic N) is 1. The van der Waals surface area contributed by atoms with E-state index in [1.807, 2.05) is 6.07 Å². The van der Waals surface area contributed by atoms with Crippen LogP contribution in [0.15, 0.2) is 50.5 Å². The quantitative estimate of drug-likeness (QED) is 0.658. The van der Waals surface area contributed by atoms with Gasteiger partial charge >= 0.3 is 4.94 Å². The minimum atomic E-state index is -4.13. The lowest BCUT2D eigenvalue weighted by atomic mass is 10.2. The van der Waals surface area contributed by atoms with E-state index in [4.69, 9.17) is 4.42 Å².